The van der Waals surface area contributed by atoms with Gasteiger partial charge in [-0.05, 0) is 5.41 Å². The number of carboxylic acid groups (broad SMARTS) is 2. The molecule has 0 unspecified atom stereocenters. The second-order valence-corrected chi connectivity index (χ2v) is 6.75. The van der Waals surface area contributed by atoms with Crippen molar-refractivity contribution in [3.05, 3.63) is 0 Å². The summed E-state index contributed by atoms with van der Waals surface area (Å²) in [6.45, 7) is 7.42. The summed E-state index contributed by atoms with van der Waals surface area (Å²) in [6.07, 6.45) is -5.00. The van der Waals surface area contributed by atoms with Crippen molar-refractivity contribution in [2.24, 2.45) is 5.41 Å². The van der Waals surface area contributed by atoms with E-state index in [1.54, 1.807) is 4.90 Å². The minimum absolute atomic E-state index is 0.0555. The van der Waals surface area contributed by atoms with Gasteiger partial charge >= 0.3 is 24.1 Å². The van der Waals surface area contributed by atoms with Gasteiger partial charge in [0, 0.05) is 32.7 Å². The summed E-state index contributed by atoms with van der Waals surface area (Å²) in [5, 5.41) is 19.3. The number of alkyl halides is 3. The van der Waals surface area contributed by atoms with Gasteiger partial charge in [-0.2, -0.15) is 13.2 Å². The van der Waals surface area contributed by atoms with Gasteiger partial charge < -0.3 is 25.3 Å². The van der Waals surface area contributed by atoms with Crippen LogP contribution in [0.1, 0.15) is 20.3 Å². The maximum Gasteiger partial charge on any atom is 0.490 e. The van der Waals surface area contributed by atoms with E-state index < -0.39 is 18.1 Å². The minimum atomic E-state index is -5.08. The predicted molar refractivity (Wildman–Crippen MR) is 80.1 cm³/mol. The Labute approximate surface area is 142 Å². The average molecular weight is 369 g/mol. The van der Waals surface area contributed by atoms with Crippen LogP contribution in [0.25, 0.3) is 0 Å². The summed E-state index contributed by atoms with van der Waals surface area (Å²) in [5.41, 5.74) is -0.385. The first-order chi connectivity index (χ1) is 11.3. The number of nitrogens with one attached hydrogen (secondary N) is 1. The zero-order valence-corrected chi connectivity index (χ0v) is 14.0. The number of amides is 2. The first kappa shape index (κ1) is 21.0. The molecule has 1 atom stereocenters. The number of hydrogen-bond acceptors (Lipinski definition) is 4. The number of nitrogens with zero attached hydrogens (tertiary/aromatic N) is 2. The summed E-state index contributed by atoms with van der Waals surface area (Å²) in [4.78, 5) is 35.6. The fourth-order valence-electron chi connectivity index (χ4n) is 2.80. The molecule has 0 aromatic carbocycles. The van der Waals surface area contributed by atoms with Crippen molar-refractivity contribution < 1.29 is 37.8 Å². The number of halogens is 3. The molecule has 0 bridgehead atoms. The minimum Gasteiger partial charge on any atom is -0.481 e. The van der Waals surface area contributed by atoms with Gasteiger partial charge in [0.05, 0.1) is 12.5 Å². The normalized spacial score (nSPS) is 20.7. The lowest BCUT2D eigenvalue weighted by Crippen LogP contribution is -2.50. The van der Waals surface area contributed by atoms with E-state index in [-0.39, 0.29) is 23.9 Å². The highest BCUT2D eigenvalue weighted by atomic mass is 19.4. The molecule has 25 heavy (non-hydrogen) atoms. The number of fused-ring (bicyclic) bond motifs is 1. The summed E-state index contributed by atoms with van der Waals surface area (Å²) >= 11 is 0. The fourth-order valence-corrected chi connectivity index (χ4v) is 2.80. The third-order valence-electron chi connectivity index (χ3n) is 3.79. The Morgan fingerprint density at radius 2 is 1.84 bits per heavy atom. The Morgan fingerprint density at radius 1 is 1.28 bits per heavy atom. The number of hydrogen-bond donors (Lipinski definition) is 3. The number of carbonyl (C=O) groups excluding carboxylic acids is 1. The van der Waals surface area contributed by atoms with Crippen LogP contribution in [-0.4, -0.2) is 82.9 Å². The van der Waals surface area contributed by atoms with Crippen molar-refractivity contribution >= 4 is 18.0 Å². The Hall–Kier alpha value is -2.04. The molecule has 0 aliphatic carbocycles. The van der Waals surface area contributed by atoms with Crippen LogP contribution in [-0.2, 0) is 9.59 Å². The second kappa shape index (κ2) is 7.89. The van der Waals surface area contributed by atoms with E-state index in [4.69, 9.17) is 15.0 Å². The predicted octanol–water partition coefficient (Wildman–Crippen LogP) is 0.830. The number of carboxylic acids is 2. The maximum absolute atomic E-state index is 12.2. The standard InChI is InChI=1S/C12H21N3O3.C2HF3O2/c1-12(2,5-10(16)17)8-14-7-9-6-13-3-4-15(9)11(14)18;3-2(4,5)1(6)7/h9,13H,3-8H2,1-2H3,(H,16,17);(H,6,7)/t9-;/m0./s1. The van der Waals surface area contributed by atoms with Gasteiger partial charge in [-0.3, -0.25) is 4.79 Å². The molecule has 2 saturated heterocycles. The summed E-state index contributed by atoms with van der Waals surface area (Å²) in [5.74, 6) is -3.57. The third kappa shape index (κ3) is 6.40. The quantitative estimate of drug-likeness (QED) is 0.677. The zero-order chi connectivity index (χ0) is 19.4. The number of rotatable bonds is 4. The van der Waals surface area contributed by atoms with Crippen LogP contribution in [0, 0.1) is 5.41 Å². The Balaban J connectivity index is 0.000000381. The van der Waals surface area contributed by atoms with E-state index in [1.165, 1.54) is 0 Å². The van der Waals surface area contributed by atoms with Crippen LogP contribution in [0.3, 0.4) is 0 Å². The Morgan fingerprint density at radius 3 is 2.28 bits per heavy atom. The van der Waals surface area contributed by atoms with Crippen LogP contribution in [0.5, 0.6) is 0 Å². The van der Waals surface area contributed by atoms with Gasteiger partial charge in [0.25, 0.3) is 0 Å². The van der Waals surface area contributed by atoms with Crippen molar-refractivity contribution in [1.29, 1.82) is 0 Å². The molecule has 0 aromatic rings. The molecule has 2 fully saturated rings. The number of urea groups is 1. The highest BCUT2D eigenvalue weighted by Crippen LogP contribution is 2.26. The molecule has 8 nitrogen and oxygen atoms in total. The molecule has 0 radical (unpaired) electrons. The topological polar surface area (TPSA) is 110 Å². The smallest absolute Gasteiger partial charge is 0.481 e. The molecular formula is C14H22F3N3O5. The summed E-state index contributed by atoms with van der Waals surface area (Å²) in [7, 11) is 0. The second-order valence-electron chi connectivity index (χ2n) is 6.75. The summed E-state index contributed by atoms with van der Waals surface area (Å²) in [6, 6.07) is 0.298. The molecule has 0 spiro atoms. The Bertz CT molecular complexity index is 524. The van der Waals surface area contributed by atoms with Gasteiger partial charge in [0.1, 0.15) is 0 Å². The molecule has 2 aliphatic heterocycles. The van der Waals surface area contributed by atoms with E-state index in [2.05, 4.69) is 5.32 Å². The lowest BCUT2D eigenvalue weighted by molar-refractivity contribution is -0.192. The van der Waals surface area contributed by atoms with Crippen molar-refractivity contribution in [1.82, 2.24) is 15.1 Å². The van der Waals surface area contributed by atoms with E-state index in [1.807, 2.05) is 18.7 Å². The van der Waals surface area contributed by atoms with Crippen molar-refractivity contribution in [3.8, 4) is 0 Å². The molecule has 0 aromatic heterocycles. The monoisotopic (exact) mass is 369 g/mol. The first-order valence-corrected chi connectivity index (χ1v) is 7.61. The largest absolute Gasteiger partial charge is 0.490 e. The third-order valence-corrected chi connectivity index (χ3v) is 3.79. The van der Waals surface area contributed by atoms with E-state index in [0.717, 1.165) is 19.6 Å². The Kier molecular flexibility index (Phi) is 6.63. The van der Waals surface area contributed by atoms with Gasteiger partial charge in [-0.15, -0.1) is 0 Å². The van der Waals surface area contributed by atoms with Gasteiger partial charge in [-0.1, -0.05) is 13.8 Å². The first-order valence-electron chi connectivity index (χ1n) is 7.61. The average Bonchev–Trinajstić information content (AvgIpc) is 2.73. The molecule has 2 amide bonds. The van der Waals surface area contributed by atoms with Crippen molar-refractivity contribution in [2.75, 3.05) is 32.7 Å². The molecule has 2 aliphatic rings. The molecule has 2 rings (SSSR count). The van der Waals surface area contributed by atoms with Gasteiger partial charge in [0.15, 0.2) is 0 Å². The zero-order valence-electron chi connectivity index (χ0n) is 14.0. The molecular weight excluding hydrogens is 347 g/mol. The van der Waals surface area contributed by atoms with Crippen LogP contribution in [0.4, 0.5) is 18.0 Å². The lowest BCUT2D eigenvalue weighted by Gasteiger charge is -2.29. The molecule has 144 valence electrons. The van der Waals surface area contributed by atoms with Crippen molar-refractivity contribution in [2.45, 2.75) is 32.5 Å². The maximum atomic E-state index is 12.2. The van der Waals surface area contributed by atoms with Crippen molar-refractivity contribution in [3.63, 3.8) is 0 Å². The van der Waals surface area contributed by atoms with E-state index >= 15 is 0 Å². The fraction of sp³-hybridized carbons (Fsp3) is 0.786. The van der Waals surface area contributed by atoms with E-state index in [9.17, 15) is 22.8 Å². The number of piperazine rings is 1. The summed E-state index contributed by atoms with van der Waals surface area (Å²) < 4.78 is 31.7. The highest BCUT2D eigenvalue weighted by molar-refractivity contribution is 5.77. The SMILES string of the molecule is CC(C)(CC(=O)O)CN1C[C@@H]2CNCCN2C1=O.O=C(O)C(F)(F)F. The number of carbonyl (C=O) groups is 3. The van der Waals surface area contributed by atoms with E-state index in [0.29, 0.717) is 13.1 Å². The van der Waals surface area contributed by atoms with Gasteiger partial charge in [-0.25, -0.2) is 9.59 Å². The van der Waals surface area contributed by atoms with Crippen LogP contribution in [0.15, 0.2) is 0 Å². The lowest BCUT2D eigenvalue weighted by atomic mass is 9.89. The van der Waals surface area contributed by atoms with Crippen LogP contribution < -0.4 is 5.32 Å². The number of aliphatic carboxylic acids is 2. The molecule has 0 saturated carbocycles. The van der Waals surface area contributed by atoms with Crippen LogP contribution >= 0.6 is 0 Å². The molecule has 2 heterocycles. The molecule has 11 heteroatoms. The van der Waals surface area contributed by atoms with Gasteiger partial charge in [0.2, 0.25) is 0 Å². The highest BCUT2D eigenvalue weighted by Gasteiger charge is 2.40. The molecule has 3 N–H and O–H groups in total. The van der Waals surface area contributed by atoms with Crippen LogP contribution in [0.2, 0.25) is 0 Å².